The van der Waals surface area contributed by atoms with Crippen molar-refractivity contribution in [3.8, 4) is 5.75 Å². The minimum atomic E-state index is -4.02. The molecule has 0 radical (unpaired) electrons. The quantitative estimate of drug-likeness (QED) is 0.871. The van der Waals surface area contributed by atoms with Crippen LogP contribution in [0.5, 0.6) is 5.75 Å². The molecule has 0 aliphatic carbocycles. The first-order valence-electron chi connectivity index (χ1n) is 7.20. The molecule has 1 aliphatic rings. The Bertz CT molecular complexity index is 878. The van der Waals surface area contributed by atoms with Gasteiger partial charge in [-0.25, -0.2) is 17.9 Å². The first-order chi connectivity index (χ1) is 11.3. The van der Waals surface area contributed by atoms with E-state index in [0.29, 0.717) is 30.8 Å². The molecule has 128 valence electrons. The molecule has 1 unspecified atom stereocenters. The van der Waals surface area contributed by atoms with Crippen molar-refractivity contribution in [2.45, 2.75) is 24.0 Å². The number of nitrogens with two attached hydrogens (primary N) is 1. The van der Waals surface area contributed by atoms with Gasteiger partial charge in [0.1, 0.15) is 11.6 Å². The molecule has 3 rings (SSSR count). The summed E-state index contributed by atoms with van der Waals surface area (Å²) in [6.45, 7) is 0.460. The third kappa shape index (κ3) is 3.41. The maximum absolute atomic E-state index is 13.5. The summed E-state index contributed by atoms with van der Waals surface area (Å²) < 4.78 is 46.4. The molecule has 0 spiro atoms. The maximum Gasteiger partial charge on any atom is 0.287 e. The Labute approximate surface area is 137 Å². The summed E-state index contributed by atoms with van der Waals surface area (Å²) in [5.74, 6) is -0.744. The van der Waals surface area contributed by atoms with Gasteiger partial charge in [-0.15, -0.1) is 0 Å². The summed E-state index contributed by atoms with van der Waals surface area (Å²) in [6, 6.07) is 5.95. The largest absolute Gasteiger partial charge is 0.493 e. The van der Waals surface area contributed by atoms with Crippen LogP contribution in [0.1, 0.15) is 35.0 Å². The van der Waals surface area contributed by atoms with Crippen LogP contribution in [-0.4, -0.2) is 20.9 Å². The number of sulfonamides is 1. The van der Waals surface area contributed by atoms with Gasteiger partial charge in [0, 0.05) is 5.56 Å². The van der Waals surface area contributed by atoms with E-state index in [9.17, 15) is 17.6 Å². The summed E-state index contributed by atoms with van der Waals surface area (Å²) in [7, 11) is -4.02. The van der Waals surface area contributed by atoms with Gasteiger partial charge in [0.05, 0.1) is 12.6 Å². The van der Waals surface area contributed by atoms with E-state index in [4.69, 9.17) is 14.3 Å². The van der Waals surface area contributed by atoms with Crippen molar-refractivity contribution in [2.24, 2.45) is 5.14 Å². The van der Waals surface area contributed by atoms with Gasteiger partial charge in [0.2, 0.25) is 5.09 Å². The highest BCUT2D eigenvalue weighted by Crippen LogP contribution is 2.32. The van der Waals surface area contributed by atoms with Crippen LogP contribution in [0.2, 0.25) is 0 Å². The number of carbonyl (C=O) groups excluding carboxylic acids is 1. The standard InChI is InChI=1S/C15H15FN2O5S/c16-9-3-4-12-10(8-9)11(2-1-7-22-12)18-15(19)13-5-6-14(23-13)24(17,20)21/h3-6,8,11H,1-2,7H2,(H,18,19)(H2,17,20,21). The number of furan rings is 1. The monoisotopic (exact) mass is 354 g/mol. The molecule has 0 bridgehead atoms. The third-order valence-corrected chi connectivity index (χ3v) is 4.41. The van der Waals surface area contributed by atoms with Crippen LogP contribution in [0.4, 0.5) is 4.39 Å². The van der Waals surface area contributed by atoms with Gasteiger partial charge in [0.15, 0.2) is 5.76 Å². The van der Waals surface area contributed by atoms with Crippen LogP contribution in [0.3, 0.4) is 0 Å². The molecule has 1 aliphatic heterocycles. The van der Waals surface area contributed by atoms with E-state index in [0.717, 1.165) is 6.07 Å². The second-order valence-electron chi connectivity index (χ2n) is 5.36. The molecule has 2 aromatic rings. The number of amides is 1. The number of nitrogens with one attached hydrogen (secondary N) is 1. The lowest BCUT2D eigenvalue weighted by atomic mass is 10.0. The Kier molecular flexibility index (Phi) is 4.29. The Morgan fingerprint density at radius 1 is 1.29 bits per heavy atom. The van der Waals surface area contributed by atoms with Gasteiger partial charge in [-0.1, -0.05) is 0 Å². The molecular weight excluding hydrogens is 339 g/mol. The molecule has 0 saturated carbocycles. The highest BCUT2D eigenvalue weighted by atomic mass is 32.2. The van der Waals surface area contributed by atoms with Gasteiger partial charge < -0.3 is 14.5 Å². The van der Waals surface area contributed by atoms with Crippen LogP contribution < -0.4 is 15.2 Å². The fourth-order valence-corrected chi connectivity index (χ4v) is 2.99. The molecule has 9 heteroatoms. The van der Waals surface area contributed by atoms with Gasteiger partial charge in [-0.05, 0) is 43.2 Å². The van der Waals surface area contributed by atoms with Crippen molar-refractivity contribution in [2.75, 3.05) is 6.61 Å². The van der Waals surface area contributed by atoms with Crippen LogP contribution in [-0.2, 0) is 10.0 Å². The summed E-state index contributed by atoms with van der Waals surface area (Å²) in [5.41, 5.74) is 0.527. The SMILES string of the molecule is NS(=O)(=O)c1ccc(C(=O)NC2CCCOc3ccc(F)cc32)o1. The average Bonchev–Trinajstić information content (AvgIpc) is 2.94. The molecule has 2 heterocycles. The second-order valence-corrected chi connectivity index (χ2v) is 6.85. The zero-order valence-electron chi connectivity index (χ0n) is 12.5. The van der Waals surface area contributed by atoms with Gasteiger partial charge in [-0.3, -0.25) is 4.79 Å². The molecule has 3 N–H and O–H groups in total. The number of hydrogen-bond donors (Lipinski definition) is 2. The number of carbonyl (C=O) groups is 1. The van der Waals surface area contributed by atoms with Crippen molar-refractivity contribution < 1.29 is 26.8 Å². The highest BCUT2D eigenvalue weighted by molar-refractivity contribution is 7.89. The van der Waals surface area contributed by atoms with Crippen molar-refractivity contribution in [3.63, 3.8) is 0 Å². The molecular formula is C15H15FN2O5S. The lowest BCUT2D eigenvalue weighted by Crippen LogP contribution is -2.28. The number of hydrogen-bond acceptors (Lipinski definition) is 5. The summed E-state index contributed by atoms with van der Waals surface area (Å²) in [6.07, 6.45) is 1.22. The Balaban J connectivity index is 1.84. The molecule has 0 fully saturated rings. The maximum atomic E-state index is 13.5. The molecule has 24 heavy (non-hydrogen) atoms. The van der Waals surface area contributed by atoms with Crippen molar-refractivity contribution in [3.05, 3.63) is 47.5 Å². The molecule has 1 atom stereocenters. The van der Waals surface area contributed by atoms with E-state index >= 15 is 0 Å². The minimum Gasteiger partial charge on any atom is -0.493 e. The Morgan fingerprint density at radius 3 is 2.79 bits per heavy atom. The third-order valence-electron chi connectivity index (χ3n) is 3.63. The summed E-state index contributed by atoms with van der Waals surface area (Å²) in [5, 5.41) is 7.16. The second kappa shape index (κ2) is 6.25. The van der Waals surface area contributed by atoms with Crippen LogP contribution in [0, 0.1) is 5.82 Å². The topological polar surface area (TPSA) is 112 Å². The predicted molar refractivity (Wildman–Crippen MR) is 81.4 cm³/mol. The minimum absolute atomic E-state index is 0.192. The van der Waals surface area contributed by atoms with E-state index in [2.05, 4.69) is 5.32 Å². The first kappa shape index (κ1) is 16.5. The van der Waals surface area contributed by atoms with Gasteiger partial charge >= 0.3 is 0 Å². The molecule has 7 nitrogen and oxygen atoms in total. The van der Waals surface area contributed by atoms with Crippen molar-refractivity contribution in [1.82, 2.24) is 5.32 Å². The fourth-order valence-electron chi connectivity index (χ4n) is 2.52. The smallest absolute Gasteiger partial charge is 0.287 e. The number of ether oxygens (including phenoxy) is 1. The normalized spacial score (nSPS) is 17.5. The number of benzene rings is 1. The summed E-state index contributed by atoms with van der Waals surface area (Å²) >= 11 is 0. The van der Waals surface area contributed by atoms with E-state index in [1.807, 2.05) is 0 Å². The molecule has 1 aromatic heterocycles. The first-order valence-corrected chi connectivity index (χ1v) is 8.75. The van der Waals surface area contributed by atoms with Gasteiger partial charge in [-0.2, -0.15) is 0 Å². The van der Waals surface area contributed by atoms with E-state index in [1.54, 1.807) is 0 Å². The number of primary sulfonamides is 1. The molecule has 1 aromatic carbocycles. The molecule has 0 saturated heterocycles. The number of fused-ring (bicyclic) bond motifs is 1. The number of rotatable bonds is 3. The number of halogens is 1. The van der Waals surface area contributed by atoms with Gasteiger partial charge in [0.25, 0.3) is 15.9 Å². The lowest BCUT2D eigenvalue weighted by Gasteiger charge is -2.17. The van der Waals surface area contributed by atoms with Crippen LogP contribution in [0.15, 0.2) is 39.8 Å². The average molecular weight is 354 g/mol. The lowest BCUT2D eigenvalue weighted by molar-refractivity contribution is 0.0901. The predicted octanol–water partition coefficient (Wildman–Crippen LogP) is 1.71. The zero-order chi connectivity index (χ0) is 17.3. The van der Waals surface area contributed by atoms with Crippen molar-refractivity contribution in [1.29, 1.82) is 0 Å². The summed E-state index contributed by atoms with van der Waals surface area (Å²) in [4.78, 5) is 12.3. The van der Waals surface area contributed by atoms with E-state index < -0.39 is 32.9 Å². The van der Waals surface area contributed by atoms with E-state index in [-0.39, 0.29) is 5.76 Å². The van der Waals surface area contributed by atoms with E-state index in [1.165, 1.54) is 24.3 Å². The highest BCUT2D eigenvalue weighted by Gasteiger charge is 2.24. The van der Waals surface area contributed by atoms with Crippen molar-refractivity contribution >= 4 is 15.9 Å². The van der Waals surface area contributed by atoms with Crippen LogP contribution >= 0.6 is 0 Å². The zero-order valence-corrected chi connectivity index (χ0v) is 13.3. The Hall–Kier alpha value is -2.39. The molecule has 1 amide bonds. The van der Waals surface area contributed by atoms with Crippen LogP contribution in [0.25, 0.3) is 0 Å². The fraction of sp³-hybridized carbons (Fsp3) is 0.267. The Morgan fingerprint density at radius 2 is 2.08 bits per heavy atom.